The van der Waals surface area contributed by atoms with Crippen molar-refractivity contribution in [3.05, 3.63) is 0 Å². The van der Waals surface area contributed by atoms with E-state index in [0.717, 1.165) is 0 Å². The highest BCUT2D eigenvalue weighted by Gasteiger charge is 2.27. The first-order valence-corrected chi connectivity index (χ1v) is 5.42. The van der Waals surface area contributed by atoms with Crippen LogP contribution in [0.1, 0.15) is 34.6 Å². The molecular weight excluding hydrogens is 192 g/mol. The van der Waals surface area contributed by atoms with Crippen LogP contribution in [0.3, 0.4) is 0 Å². The molecule has 0 radical (unpaired) electrons. The predicted molar refractivity (Wildman–Crippen MR) is 61.5 cm³/mol. The van der Waals surface area contributed by atoms with Gasteiger partial charge in [-0.2, -0.15) is 0 Å². The summed E-state index contributed by atoms with van der Waals surface area (Å²) in [6, 6.07) is -0.479. The number of nitrogens with one attached hydrogen (secondary N) is 1. The van der Waals surface area contributed by atoms with Gasteiger partial charge < -0.3 is 15.8 Å². The lowest BCUT2D eigenvalue weighted by molar-refractivity contribution is -0.125. The molecule has 0 saturated carbocycles. The monoisotopic (exact) mass is 216 g/mol. The molecule has 0 bridgehead atoms. The molecule has 4 heteroatoms. The Kier molecular flexibility index (Phi) is 5.83. The van der Waals surface area contributed by atoms with E-state index in [2.05, 4.69) is 5.32 Å². The molecule has 1 amide bonds. The van der Waals surface area contributed by atoms with Crippen molar-refractivity contribution < 1.29 is 9.53 Å². The van der Waals surface area contributed by atoms with E-state index in [4.69, 9.17) is 10.5 Å². The maximum Gasteiger partial charge on any atom is 0.237 e. The fraction of sp³-hybridized carbons (Fsp3) is 0.909. The average molecular weight is 216 g/mol. The van der Waals surface area contributed by atoms with Crippen LogP contribution >= 0.6 is 0 Å². The van der Waals surface area contributed by atoms with Crippen molar-refractivity contribution in [2.75, 3.05) is 13.2 Å². The van der Waals surface area contributed by atoms with Gasteiger partial charge >= 0.3 is 0 Å². The molecule has 3 N–H and O–H groups in total. The molecule has 2 atom stereocenters. The minimum absolute atomic E-state index is 0.00542. The number of hydrogen-bond acceptors (Lipinski definition) is 3. The van der Waals surface area contributed by atoms with Gasteiger partial charge in [-0.05, 0) is 19.3 Å². The van der Waals surface area contributed by atoms with Crippen LogP contribution in [-0.4, -0.2) is 31.2 Å². The van der Waals surface area contributed by atoms with Gasteiger partial charge in [-0.25, -0.2) is 0 Å². The number of carbonyl (C=O) groups is 1. The van der Waals surface area contributed by atoms with Gasteiger partial charge in [0, 0.05) is 12.6 Å². The quantitative estimate of drug-likeness (QED) is 0.717. The lowest BCUT2D eigenvalue weighted by atomic mass is 9.87. The Hall–Kier alpha value is -0.610. The first-order chi connectivity index (χ1) is 6.79. The van der Waals surface area contributed by atoms with Gasteiger partial charge in [0.1, 0.15) is 0 Å². The predicted octanol–water partition coefficient (Wildman–Crippen LogP) is 0.901. The Balaban J connectivity index is 4.02. The van der Waals surface area contributed by atoms with E-state index in [1.165, 1.54) is 0 Å². The summed E-state index contributed by atoms with van der Waals surface area (Å²) in [5.74, 6) is -0.116. The van der Waals surface area contributed by atoms with Gasteiger partial charge in [-0.1, -0.05) is 20.8 Å². The third-order valence-corrected chi connectivity index (χ3v) is 2.18. The summed E-state index contributed by atoms with van der Waals surface area (Å²) in [6.07, 6.45) is 0. The molecule has 0 aliphatic heterocycles. The minimum atomic E-state index is -0.485. The number of amides is 1. The molecule has 0 aliphatic carbocycles. The van der Waals surface area contributed by atoms with Crippen molar-refractivity contribution >= 4 is 5.91 Å². The number of hydrogen-bond donors (Lipinski definition) is 2. The van der Waals surface area contributed by atoms with Crippen LogP contribution in [0.15, 0.2) is 0 Å². The zero-order valence-corrected chi connectivity index (χ0v) is 10.5. The fourth-order valence-electron chi connectivity index (χ4n) is 1.06. The Morgan fingerprint density at radius 3 is 2.40 bits per heavy atom. The van der Waals surface area contributed by atoms with Gasteiger partial charge in [-0.15, -0.1) is 0 Å². The summed E-state index contributed by atoms with van der Waals surface area (Å²) < 4.78 is 5.21. The number of ether oxygens (including phenoxy) is 1. The normalized spacial score (nSPS) is 15.9. The molecule has 0 rings (SSSR count). The van der Waals surface area contributed by atoms with Gasteiger partial charge in [0.2, 0.25) is 5.91 Å². The minimum Gasteiger partial charge on any atom is -0.380 e. The first-order valence-electron chi connectivity index (χ1n) is 5.42. The van der Waals surface area contributed by atoms with Crippen molar-refractivity contribution in [2.45, 2.75) is 46.7 Å². The Morgan fingerprint density at radius 1 is 1.47 bits per heavy atom. The number of rotatable bonds is 5. The van der Waals surface area contributed by atoms with E-state index in [9.17, 15) is 4.79 Å². The Labute approximate surface area is 92.6 Å². The molecule has 0 aromatic rings. The van der Waals surface area contributed by atoms with Crippen molar-refractivity contribution in [1.82, 2.24) is 5.32 Å². The van der Waals surface area contributed by atoms with Gasteiger partial charge in [0.25, 0.3) is 0 Å². The topological polar surface area (TPSA) is 64.3 Å². The van der Waals surface area contributed by atoms with Crippen LogP contribution < -0.4 is 11.1 Å². The van der Waals surface area contributed by atoms with E-state index in [1.807, 2.05) is 34.6 Å². The second-order valence-corrected chi connectivity index (χ2v) is 4.91. The molecule has 0 aromatic heterocycles. The smallest absolute Gasteiger partial charge is 0.237 e. The van der Waals surface area contributed by atoms with Crippen molar-refractivity contribution in [3.8, 4) is 0 Å². The molecule has 90 valence electrons. The van der Waals surface area contributed by atoms with Crippen molar-refractivity contribution in [3.63, 3.8) is 0 Å². The summed E-state index contributed by atoms with van der Waals surface area (Å²) in [5.41, 5.74) is 5.61. The first kappa shape index (κ1) is 14.4. The van der Waals surface area contributed by atoms with Crippen LogP contribution in [-0.2, 0) is 9.53 Å². The van der Waals surface area contributed by atoms with Gasteiger partial charge in [-0.3, -0.25) is 4.79 Å². The van der Waals surface area contributed by atoms with E-state index in [0.29, 0.717) is 13.2 Å². The highest BCUT2D eigenvalue weighted by Crippen LogP contribution is 2.17. The maximum atomic E-state index is 11.7. The molecule has 4 nitrogen and oxygen atoms in total. The van der Waals surface area contributed by atoms with Crippen LogP contribution in [0.2, 0.25) is 0 Å². The second kappa shape index (κ2) is 6.08. The molecule has 0 aliphatic rings. The largest absolute Gasteiger partial charge is 0.380 e. The standard InChI is InChI=1S/C11H24N2O2/c1-6-15-7-8(2)13-10(14)9(12)11(3,4)5/h8-9H,6-7,12H2,1-5H3,(H,13,14)/t8-,9+/m0/s1. The third kappa shape index (κ3) is 5.74. The average Bonchev–Trinajstić information content (AvgIpc) is 2.11. The second-order valence-electron chi connectivity index (χ2n) is 4.91. The molecule has 0 unspecified atom stereocenters. The molecule has 0 spiro atoms. The van der Waals surface area contributed by atoms with Gasteiger partial charge in [0.15, 0.2) is 0 Å². The van der Waals surface area contributed by atoms with E-state index in [1.54, 1.807) is 0 Å². The summed E-state index contributed by atoms with van der Waals surface area (Å²) in [7, 11) is 0. The number of nitrogens with two attached hydrogens (primary N) is 1. The third-order valence-electron chi connectivity index (χ3n) is 2.18. The molecule has 0 aromatic carbocycles. The summed E-state index contributed by atoms with van der Waals surface area (Å²) in [4.78, 5) is 11.7. The number of carbonyl (C=O) groups excluding carboxylic acids is 1. The van der Waals surface area contributed by atoms with Crippen LogP contribution in [0, 0.1) is 5.41 Å². The highest BCUT2D eigenvalue weighted by atomic mass is 16.5. The van der Waals surface area contributed by atoms with Crippen LogP contribution in [0.25, 0.3) is 0 Å². The van der Waals surface area contributed by atoms with E-state index in [-0.39, 0.29) is 17.4 Å². The van der Waals surface area contributed by atoms with E-state index >= 15 is 0 Å². The zero-order valence-electron chi connectivity index (χ0n) is 10.5. The lowest BCUT2D eigenvalue weighted by Gasteiger charge is -2.27. The van der Waals surface area contributed by atoms with Crippen molar-refractivity contribution in [1.29, 1.82) is 0 Å². The van der Waals surface area contributed by atoms with Crippen molar-refractivity contribution in [2.24, 2.45) is 11.1 Å². The maximum absolute atomic E-state index is 11.7. The van der Waals surface area contributed by atoms with E-state index < -0.39 is 6.04 Å². The molecule has 0 fully saturated rings. The molecule has 0 heterocycles. The van der Waals surface area contributed by atoms with Crippen LogP contribution in [0.4, 0.5) is 0 Å². The van der Waals surface area contributed by atoms with Crippen LogP contribution in [0.5, 0.6) is 0 Å². The summed E-state index contributed by atoms with van der Waals surface area (Å²) >= 11 is 0. The molecular formula is C11H24N2O2. The molecule has 15 heavy (non-hydrogen) atoms. The Morgan fingerprint density at radius 2 is 2.00 bits per heavy atom. The lowest BCUT2D eigenvalue weighted by Crippen LogP contribution is -2.51. The summed E-state index contributed by atoms with van der Waals surface area (Å²) in [6.45, 7) is 10.9. The summed E-state index contributed by atoms with van der Waals surface area (Å²) in [5, 5.41) is 2.83. The SMILES string of the molecule is CCOC[C@H](C)NC(=O)[C@@H](N)C(C)(C)C. The highest BCUT2D eigenvalue weighted by molar-refractivity contribution is 5.82. The Bertz CT molecular complexity index is 199. The molecule has 0 saturated heterocycles. The fourth-order valence-corrected chi connectivity index (χ4v) is 1.06. The van der Waals surface area contributed by atoms with Gasteiger partial charge in [0.05, 0.1) is 12.6 Å². The zero-order chi connectivity index (χ0) is 12.1.